The van der Waals surface area contributed by atoms with Gasteiger partial charge in [-0.3, -0.25) is 4.79 Å². The molecule has 0 aromatic heterocycles. The Labute approximate surface area is 127 Å². The maximum atomic E-state index is 12.0. The molecule has 0 aliphatic heterocycles. The van der Waals surface area contributed by atoms with Gasteiger partial charge in [-0.1, -0.05) is 48.5 Å². The highest BCUT2D eigenvalue weighted by Gasteiger charge is 2.64. The molecule has 0 radical (unpaired) electrons. The third kappa shape index (κ3) is 3.89. The molecule has 1 rings (SSSR count). The number of carbonyl (C=O) groups is 2. The molecule has 2 amide bonds. The average Bonchev–Trinajstić information content (AvgIpc) is 2.64. The summed E-state index contributed by atoms with van der Waals surface area (Å²) in [6.45, 7) is 15.2. The molecule has 0 heterocycles. The van der Waals surface area contributed by atoms with Crippen molar-refractivity contribution in [2.75, 3.05) is 6.54 Å². The Kier molecular flexibility index (Phi) is 4.66. The van der Waals surface area contributed by atoms with E-state index in [2.05, 4.69) is 38.3 Å². The molecule has 1 unspecified atom stereocenters. The van der Waals surface area contributed by atoms with Crippen LogP contribution in [0.1, 0.15) is 54.9 Å². The lowest BCUT2D eigenvalue weighted by atomic mass is 9.85. The van der Waals surface area contributed by atoms with Gasteiger partial charge in [0.2, 0.25) is 0 Å². The molecular weight excluding hydrogens is 268 g/mol. The lowest BCUT2D eigenvalue weighted by molar-refractivity contribution is -0.138. The van der Waals surface area contributed by atoms with Crippen LogP contribution >= 0.6 is 0 Å². The van der Waals surface area contributed by atoms with Crippen molar-refractivity contribution in [3.05, 3.63) is 0 Å². The number of amides is 2. The van der Waals surface area contributed by atoms with Crippen LogP contribution in [0.5, 0.6) is 0 Å². The van der Waals surface area contributed by atoms with Gasteiger partial charge >= 0.3 is 12.0 Å². The van der Waals surface area contributed by atoms with Crippen molar-refractivity contribution in [3.63, 3.8) is 0 Å². The Morgan fingerprint density at radius 3 is 1.95 bits per heavy atom. The summed E-state index contributed by atoms with van der Waals surface area (Å²) in [5, 5.41) is 14.6. The van der Waals surface area contributed by atoms with E-state index in [-0.39, 0.29) is 28.7 Å². The van der Waals surface area contributed by atoms with Crippen LogP contribution in [0.2, 0.25) is 0 Å². The van der Waals surface area contributed by atoms with Gasteiger partial charge in [-0.2, -0.15) is 0 Å². The minimum atomic E-state index is -0.903. The summed E-state index contributed by atoms with van der Waals surface area (Å²) in [6.07, 6.45) is -0.0721. The number of urea groups is 1. The molecular formula is C16H30N2O3. The van der Waals surface area contributed by atoms with Gasteiger partial charge in [0, 0.05) is 12.6 Å². The zero-order valence-corrected chi connectivity index (χ0v) is 14.3. The first-order valence-electron chi connectivity index (χ1n) is 7.56. The number of carboxylic acids is 1. The lowest BCUT2D eigenvalue weighted by Gasteiger charge is -2.30. The summed E-state index contributed by atoms with van der Waals surface area (Å²) in [5.41, 5.74) is 0.156. The Balaban J connectivity index is 2.51. The predicted molar refractivity (Wildman–Crippen MR) is 83.1 cm³/mol. The van der Waals surface area contributed by atoms with Crippen molar-refractivity contribution in [2.24, 2.45) is 22.2 Å². The van der Waals surface area contributed by atoms with E-state index in [9.17, 15) is 9.59 Å². The van der Waals surface area contributed by atoms with E-state index in [1.807, 2.05) is 20.8 Å². The Morgan fingerprint density at radius 1 is 1.14 bits per heavy atom. The van der Waals surface area contributed by atoms with Crippen molar-refractivity contribution < 1.29 is 14.7 Å². The number of aliphatic carboxylic acids is 1. The first-order chi connectivity index (χ1) is 9.30. The summed E-state index contributed by atoms with van der Waals surface area (Å²) in [6, 6.07) is -0.676. The van der Waals surface area contributed by atoms with Crippen LogP contribution in [-0.2, 0) is 4.79 Å². The van der Waals surface area contributed by atoms with Crippen molar-refractivity contribution >= 4 is 12.0 Å². The molecule has 1 aliphatic carbocycles. The fraction of sp³-hybridized carbons (Fsp3) is 0.875. The fourth-order valence-electron chi connectivity index (χ4n) is 3.00. The maximum Gasteiger partial charge on any atom is 0.315 e. The number of nitrogens with one attached hydrogen (secondary N) is 2. The van der Waals surface area contributed by atoms with Gasteiger partial charge in [-0.15, -0.1) is 0 Å². The molecule has 0 bridgehead atoms. The van der Waals surface area contributed by atoms with Gasteiger partial charge in [-0.25, -0.2) is 4.79 Å². The van der Waals surface area contributed by atoms with Gasteiger partial charge < -0.3 is 15.7 Å². The zero-order chi connectivity index (χ0) is 16.6. The molecule has 0 saturated heterocycles. The molecule has 5 nitrogen and oxygen atoms in total. The molecule has 1 atom stereocenters. The molecule has 1 aliphatic rings. The van der Waals surface area contributed by atoms with E-state index >= 15 is 0 Å². The van der Waals surface area contributed by atoms with Crippen LogP contribution in [0.25, 0.3) is 0 Å². The third-order valence-corrected chi connectivity index (χ3v) is 5.52. The second-order valence-corrected chi connectivity index (χ2v) is 8.37. The molecule has 0 aromatic carbocycles. The van der Waals surface area contributed by atoms with E-state index in [0.717, 1.165) is 0 Å². The minimum Gasteiger partial charge on any atom is -0.481 e. The van der Waals surface area contributed by atoms with Crippen molar-refractivity contribution in [1.29, 1.82) is 0 Å². The van der Waals surface area contributed by atoms with Gasteiger partial charge in [0.05, 0.1) is 6.42 Å². The van der Waals surface area contributed by atoms with Crippen LogP contribution in [0, 0.1) is 22.2 Å². The predicted octanol–water partition coefficient (Wildman–Crippen LogP) is 2.86. The number of hydrogen-bond acceptors (Lipinski definition) is 2. The van der Waals surface area contributed by atoms with Crippen molar-refractivity contribution in [2.45, 2.75) is 60.9 Å². The van der Waals surface area contributed by atoms with Crippen molar-refractivity contribution in [1.82, 2.24) is 10.6 Å². The summed E-state index contributed by atoms with van der Waals surface area (Å²) in [7, 11) is 0. The van der Waals surface area contributed by atoms with E-state index in [1.165, 1.54) is 0 Å². The number of carbonyl (C=O) groups excluding carboxylic acids is 1. The molecule has 122 valence electrons. The highest BCUT2D eigenvalue weighted by Crippen LogP contribution is 2.67. The summed E-state index contributed by atoms with van der Waals surface area (Å²) < 4.78 is 0. The second kappa shape index (κ2) is 5.50. The van der Waals surface area contributed by atoms with Crippen LogP contribution in [-0.4, -0.2) is 29.7 Å². The molecule has 3 N–H and O–H groups in total. The smallest absolute Gasteiger partial charge is 0.315 e. The number of hydrogen-bond donors (Lipinski definition) is 3. The van der Waals surface area contributed by atoms with Gasteiger partial charge in [0.1, 0.15) is 0 Å². The topological polar surface area (TPSA) is 78.4 Å². The highest BCUT2D eigenvalue weighted by molar-refractivity contribution is 5.76. The number of carboxylic acid groups (broad SMARTS) is 1. The first-order valence-corrected chi connectivity index (χ1v) is 7.56. The van der Waals surface area contributed by atoms with Crippen molar-refractivity contribution in [3.8, 4) is 0 Å². The van der Waals surface area contributed by atoms with Crippen LogP contribution in [0.3, 0.4) is 0 Å². The molecule has 1 saturated carbocycles. The Bertz CT molecular complexity index is 408. The van der Waals surface area contributed by atoms with Gasteiger partial charge in [0.25, 0.3) is 0 Å². The average molecular weight is 298 g/mol. The maximum absolute atomic E-state index is 12.0. The summed E-state index contributed by atoms with van der Waals surface area (Å²) in [5.74, 6) is -0.456. The fourth-order valence-corrected chi connectivity index (χ4v) is 3.00. The standard InChI is InChI=1S/C16H30N2O3/c1-14(2,3)11(8-12(19)20)18-13(21)17-9-10-15(4,5)16(10,6)7/h10-11H,8-9H2,1-7H3,(H,19,20)(H2,17,18,21). The largest absolute Gasteiger partial charge is 0.481 e. The SMILES string of the molecule is CC(C)(C)C(CC(=O)O)NC(=O)NCC1C(C)(C)C1(C)C. The van der Waals surface area contributed by atoms with E-state index in [0.29, 0.717) is 12.5 Å². The van der Waals surface area contributed by atoms with Crippen LogP contribution < -0.4 is 10.6 Å². The monoisotopic (exact) mass is 298 g/mol. The molecule has 0 spiro atoms. The number of rotatable bonds is 5. The second-order valence-electron chi connectivity index (χ2n) is 8.37. The Hall–Kier alpha value is -1.26. The zero-order valence-electron chi connectivity index (χ0n) is 14.3. The summed E-state index contributed by atoms with van der Waals surface area (Å²) in [4.78, 5) is 22.9. The molecule has 5 heteroatoms. The van der Waals surface area contributed by atoms with E-state index < -0.39 is 12.0 Å². The molecule has 1 fully saturated rings. The van der Waals surface area contributed by atoms with Crippen LogP contribution in [0.15, 0.2) is 0 Å². The lowest BCUT2D eigenvalue weighted by Crippen LogP contribution is -2.49. The summed E-state index contributed by atoms with van der Waals surface area (Å²) >= 11 is 0. The minimum absolute atomic E-state index is 0.0721. The first kappa shape index (κ1) is 17.8. The van der Waals surface area contributed by atoms with Crippen LogP contribution in [0.4, 0.5) is 4.79 Å². The highest BCUT2D eigenvalue weighted by atomic mass is 16.4. The van der Waals surface area contributed by atoms with Gasteiger partial charge in [0.15, 0.2) is 0 Å². The Morgan fingerprint density at radius 2 is 1.62 bits per heavy atom. The quantitative estimate of drug-likeness (QED) is 0.730. The van der Waals surface area contributed by atoms with E-state index in [4.69, 9.17) is 5.11 Å². The molecule has 21 heavy (non-hydrogen) atoms. The van der Waals surface area contributed by atoms with Gasteiger partial charge in [-0.05, 0) is 22.2 Å². The third-order valence-electron chi connectivity index (χ3n) is 5.52. The normalized spacial score (nSPS) is 21.5. The molecule has 0 aromatic rings. The van der Waals surface area contributed by atoms with E-state index in [1.54, 1.807) is 0 Å².